The van der Waals surface area contributed by atoms with Gasteiger partial charge in [-0.2, -0.15) is 5.06 Å². The molecule has 4 atom stereocenters. The zero-order valence-electron chi connectivity index (χ0n) is 9.99. The van der Waals surface area contributed by atoms with E-state index in [4.69, 9.17) is 9.57 Å². The van der Waals surface area contributed by atoms with Crippen molar-refractivity contribution in [2.75, 3.05) is 0 Å². The van der Waals surface area contributed by atoms with Crippen LogP contribution in [0.2, 0.25) is 0 Å². The van der Waals surface area contributed by atoms with Gasteiger partial charge in [-0.25, -0.2) is 4.79 Å². The van der Waals surface area contributed by atoms with Gasteiger partial charge in [-0.1, -0.05) is 30.3 Å². The Morgan fingerprint density at radius 1 is 1.28 bits per heavy atom. The predicted octanol–water partition coefficient (Wildman–Crippen LogP) is 2.35. The molecule has 3 fully saturated rings. The Morgan fingerprint density at radius 3 is 2.83 bits per heavy atom. The molecule has 4 rings (SSSR count). The molecule has 2 bridgehead atoms. The molecule has 94 valence electrons. The van der Waals surface area contributed by atoms with Crippen molar-refractivity contribution in [3.05, 3.63) is 35.9 Å². The van der Waals surface area contributed by atoms with E-state index in [0.29, 0.717) is 18.4 Å². The number of carbonyl (C=O) groups is 1. The van der Waals surface area contributed by atoms with Crippen LogP contribution < -0.4 is 0 Å². The first-order valence-electron chi connectivity index (χ1n) is 6.49. The summed E-state index contributed by atoms with van der Waals surface area (Å²) in [7, 11) is 0. The number of hydrogen-bond donors (Lipinski definition) is 0. The number of ether oxygens (including phenoxy) is 1. The summed E-state index contributed by atoms with van der Waals surface area (Å²) in [5.41, 5.74) is 1.000. The normalized spacial score (nSPS) is 35.4. The summed E-state index contributed by atoms with van der Waals surface area (Å²) in [6.45, 7) is 0.311. The molecule has 0 radical (unpaired) electrons. The van der Waals surface area contributed by atoms with Crippen LogP contribution in [0.3, 0.4) is 0 Å². The zero-order valence-corrected chi connectivity index (χ0v) is 9.99. The van der Waals surface area contributed by atoms with Gasteiger partial charge in [0.05, 0.1) is 12.1 Å². The number of amides is 1. The topological polar surface area (TPSA) is 38.8 Å². The van der Waals surface area contributed by atoms with E-state index in [1.54, 1.807) is 0 Å². The largest absolute Gasteiger partial charge is 0.443 e. The lowest BCUT2D eigenvalue weighted by Gasteiger charge is -2.24. The van der Waals surface area contributed by atoms with Crippen molar-refractivity contribution >= 4 is 6.09 Å². The van der Waals surface area contributed by atoms with Crippen molar-refractivity contribution in [3.8, 4) is 0 Å². The van der Waals surface area contributed by atoms with Crippen molar-refractivity contribution in [2.24, 2.45) is 11.8 Å². The van der Waals surface area contributed by atoms with Gasteiger partial charge in [0.1, 0.15) is 6.61 Å². The van der Waals surface area contributed by atoms with Gasteiger partial charge in [-0.15, -0.1) is 0 Å². The highest BCUT2D eigenvalue weighted by Gasteiger charge is 2.63. The molecule has 1 amide bonds. The first-order valence-corrected chi connectivity index (χ1v) is 6.49. The Bertz CT molecular complexity index is 475. The second-order valence-corrected chi connectivity index (χ2v) is 5.38. The van der Waals surface area contributed by atoms with Crippen molar-refractivity contribution < 1.29 is 14.4 Å². The van der Waals surface area contributed by atoms with Crippen LogP contribution in [0, 0.1) is 11.8 Å². The Balaban J connectivity index is 1.37. The molecule has 3 aliphatic rings. The van der Waals surface area contributed by atoms with E-state index < -0.39 is 0 Å². The van der Waals surface area contributed by atoms with Crippen molar-refractivity contribution in [1.82, 2.24) is 5.06 Å². The molecule has 4 heteroatoms. The Morgan fingerprint density at radius 2 is 2.11 bits per heavy atom. The molecular formula is C14H15NO3. The van der Waals surface area contributed by atoms with Crippen LogP contribution in [0.4, 0.5) is 4.79 Å². The number of benzene rings is 1. The Labute approximate surface area is 105 Å². The maximum Gasteiger partial charge on any atom is 0.434 e. The van der Waals surface area contributed by atoms with Crippen LogP contribution in [-0.2, 0) is 16.2 Å². The summed E-state index contributed by atoms with van der Waals surface area (Å²) in [6, 6.07) is 9.98. The molecule has 1 heterocycles. The Hall–Kier alpha value is -1.55. The highest BCUT2D eigenvalue weighted by molar-refractivity contribution is 5.67. The molecule has 0 unspecified atom stereocenters. The average molecular weight is 245 g/mol. The van der Waals surface area contributed by atoms with Crippen molar-refractivity contribution in [2.45, 2.75) is 31.6 Å². The molecule has 1 saturated heterocycles. The van der Waals surface area contributed by atoms with E-state index in [9.17, 15) is 4.79 Å². The predicted molar refractivity (Wildman–Crippen MR) is 63.3 cm³/mol. The standard InChI is InChI=1S/C14H15NO3/c16-14(17-8-9-4-2-1-3-5-9)15-12-7-13(18-15)11-6-10(11)12/h1-5,10-13H,6-8H2/t10-,11+,12-,13+/m1/s1. The van der Waals surface area contributed by atoms with Gasteiger partial charge in [-0.3, -0.25) is 4.84 Å². The lowest BCUT2D eigenvalue weighted by Crippen LogP contribution is -2.38. The SMILES string of the molecule is O=C(OCc1ccccc1)N1O[C@H]2C[C@@H]1[C@@H]1C[C@@H]12. The van der Waals surface area contributed by atoms with Crippen molar-refractivity contribution in [1.29, 1.82) is 0 Å². The van der Waals surface area contributed by atoms with E-state index in [1.165, 1.54) is 11.5 Å². The van der Waals surface area contributed by atoms with Crippen LogP contribution in [0.5, 0.6) is 0 Å². The second-order valence-electron chi connectivity index (χ2n) is 5.38. The molecule has 18 heavy (non-hydrogen) atoms. The summed E-state index contributed by atoms with van der Waals surface area (Å²) < 4.78 is 5.29. The molecule has 2 saturated carbocycles. The molecule has 4 nitrogen and oxygen atoms in total. The van der Waals surface area contributed by atoms with E-state index in [-0.39, 0.29) is 18.2 Å². The summed E-state index contributed by atoms with van der Waals surface area (Å²) in [4.78, 5) is 17.6. The van der Waals surface area contributed by atoms with Gasteiger partial charge in [-0.05, 0) is 30.2 Å². The highest BCUT2D eigenvalue weighted by Crippen LogP contribution is 2.59. The van der Waals surface area contributed by atoms with Crippen molar-refractivity contribution in [3.63, 3.8) is 0 Å². The quantitative estimate of drug-likeness (QED) is 0.802. The highest BCUT2D eigenvalue weighted by atomic mass is 16.7. The molecule has 2 aliphatic carbocycles. The van der Waals surface area contributed by atoms with Gasteiger partial charge in [0.2, 0.25) is 0 Å². The smallest absolute Gasteiger partial charge is 0.434 e. The van der Waals surface area contributed by atoms with Crippen LogP contribution in [0.15, 0.2) is 30.3 Å². The Kier molecular flexibility index (Phi) is 2.14. The molecular weight excluding hydrogens is 230 g/mol. The van der Waals surface area contributed by atoms with Crippen LogP contribution in [0.25, 0.3) is 0 Å². The van der Waals surface area contributed by atoms with Gasteiger partial charge in [0.15, 0.2) is 0 Å². The molecule has 1 aromatic rings. The van der Waals surface area contributed by atoms with E-state index in [2.05, 4.69) is 0 Å². The van der Waals surface area contributed by atoms with Crippen LogP contribution in [0.1, 0.15) is 18.4 Å². The fourth-order valence-electron chi connectivity index (χ4n) is 3.27. The summed E-state index contributed by atoms with van der Waals surface area (Å²) >= 11 is 0. The maximum absolute atomic E-state index is 12.0. The fourth-order valence-corrected chi connectivity index (χ4v) is 3.27. The van der Waals surface area contributed by atoms with Crippen LogP contribution >= 0.6 is 0 Å². The third-order valence-corrected chi connectivity index (χ3v) is 4.27. The van der Waals surface area contributed by atoms with Crippen LogP contribution in [-0.4, -0.2) is 23.3 Å². The summed E-state index contributed by atoms with van der Waals surface area (Å²) in [5, 5.41) is 1.47. The maximum atomic E-state index is 12.0. The number of hydrogen-bond acceptors (Lipinski definition) is 3. The molecule has 0 N–H and O–H groups in total. The second kappa shape index (κ2) is 3.72. The number of rotatable bonds is 2. The number of fused-ring (bicyclic) bond motifs is 5. The lowest BCUT2D eigenvalue weighted by atomic mass is 10.2. The number of nitrogens with zero attached hydrogens (tertiary/aromatic N) is 1. The zero-order chi connectivity index (χ0) is 12.1. The molecule has 0 aromatic heterocycles. The minimum absolute atomic E-state index is 0.267. The summed E-state index contributed by atoms with van der Waals surface area (Å²) in [5.74, 6) is 1.39. The minimum Gasteiger partial charge on any atom is -0.443 e. The first-order chi connectivity index (χ1) is 8.83. The van der Waals surface area contributed by atoms with Gasteiger partial charge < -0.3 is 4.74 Å². The van der Waals surface area contributed by atoms with E-state index in [0.717, 1.165) is 12.0 Å². The third kappa shape index (κ3) is 1.52. The average Bonchev–Trinajstić information content (AvgIpc) is 3.02. The van der Waals surface area contributed by atoms with E-state index >= 15 is 0 Å². The van der Waals surface area contributed by atoms with Gasteiger partial charge in [0, 0.05) is 0 Å². The van der Waals surface area contributed by atoms with E-state index in [1.807, 2.05) is 30.3 Å². The number of carbonyl (C=O) groups excluding carboxylic acids is 1. The number of hydroxylamine groups is 2. The van der Waals surface area contributed by atoms with Gasteiger partial charge in [0.25, 0.3) is 0 Å². The molecule has 0 spiro atoms. The van der Waals surface area contributed by atoms with Gasteiger partial charge >= 0.3 is 6.09 Å². The third-order valence-electron chi connectivity index (χ3n) is 4.27. The molecule has 1 aliphatic heterocycles. The monoisotopic (exact) mass is 245 g/mol. The molecule has 1 aromatic carbocycles. The fraction of sp³-hybridized carbons (Fsp3) is 0.500. The lowest BCUT2D eigenvalue weighted by molar-refractivity contribution is -0.165. The minimum atomic E-state index is -0.336. The first kappa shape index (κ1) is 10.4. The summed E-state index contributed by atoms with van der Waals surface area (Å²) in [6.07, 6.45) is 2.15.